The van der Waals surface area contributed by atoms with Crippen molar-refractivity contribution in [2.75, 3.05) is 13.8 Å². The number of hydrogen-bond donors (Lipinski definition) is 0. The molecule has 6 nitrogen and oxygen atoms in total. The number of carbonyl (C=O) groups is 1. The normalized spacial score (nSPS) is 13.8. The van der Waals surface area contributed by atoms with Crippen LogP contribution in [0, 0.1) is 6.92 Å². The van der Waals surface area contributed by atoms with Crippen LogP contribution in [0.4, 0.5) is 0 Å². The minimum Gasteiger partial charge on any atom is -0.454 e. The molecular formula is C18H23N3O3. The van der Waals surface area contributed by atoms with Gasteiger partial charge in [-0.1, -0.05) is 13.0 Å². The van der Waals surface area contributed by atoms with Gasteiger partial charge in [0.15, 0.2) is 11.5 Å². The molecule has 0 spiro atoms. The van der Waals surface area contributed by atoms with E-state index in [1.165, 1.54) is 0 Å². The standard InChI is InChI=1S/C18H23N3O3/c1-5-12(2)21-13(3)15(9-19-21)18(22)20(4)10-14-6-7-16-17(8-14)24-11-23-16/h6-9,12H,5,10-11H2,1-4H3. The Morgan fingerprint density at radius 1 is 1.38 bits per heavy atom. The number of ether oxygens (including phenoxy) is 2. The number of benzene rings is 1. The Bertz CT molecular complexity index is 754. The monoisotopic (exact) mass is 329 g/mol. The van der Waals surface area contributed by atoms with Gasteiger partial charge in [0, 0.05) is 25.3 Å². The van der Waals surface area contributed by atoms with Crippen molar-refractivity contribution in [3.8, 4) is 11.5 Å². The van der Waals surface area contributed by atoms with Crippen LogP contribution >= 0.6 is 0 Å². The van der Waals surface area contributed by atoms with E-state index in [9.17, 15) is 4.79 Å². The summed E-state index contributed by atoms with van der Waals surface area (Å²) in [5.41, 5.74) is 2.56. The molecule has 1 aromatic heterocycles. The molecule has 0 radical (unpaired) electrons. The van der Waals surface area contributed by atoms with Crippen LogP contribution in [0.1, 0.15) is 47.9 Å². The van der Waals surface area contributed by atoms with Gasteiger partial charge in [-0.3, -0.25) is 9.48 Å². The highest BCUT2D eigenvalue weighted by molar-refractivity contribution is 5.94. The molecule has 6 heteroatoms. The molecule has 1 atom stereocenters. The van der Waals surface area contributed by atoms with Crippen LogP contribution in [0.5, 0.6) is 11.5 Å². The second-order valence-corrected chi connectivity index (χ2v) is 6.19. The fourth-order valence-corrected chi connectivity index (χ4v) is 2.84. The number of carbonyl (C=O) groups excluding carboxylic acids is 1. The van der Waals surface area contributed by atoms with Crippen LogP contribution in [0.15, 0.2) is 24.4 Å². The van der Waals surface area contributed by atoms with Gasteiger partial charge < -0.3 is 14.4 Å². The molecule has 1 aliphatic rings. The maximum Gasteiger partial charge on any atom is 0.257 e. The van der Waals surface area contributed by atoms with Crippen molar-refractivity contribution in [2.24, 2.45) is 0 Å². The van der Waals surface area contributed by atoms with E-state index >= 15 is 0 Å². The van der Waals surface area contributed by atoms with E-state index < -0.39 is 0 Å². The Morgan fingerprint density at radius 3 is 2.88 bits per heavy atom. The van der Waals surface area contributed by atoms with E-state index in [2.05, 4.69) is 18.9 Å². The quantitative estimate of drug-likeness (QED) is 0.845. The van der Waals surface area contributed by atoms with Gasteiger partial charge in [0.05, 0.1) is 11.8 Å². The number of fused-ring (bicyclic) bond motifs is 1. The van der Waals surface area contributed by atoms with Crippen LogP contribution in [-0.2, 0) is 6.54 Å². The predicted octanol–water partition coefficient (Wildman–Crippen LogP) is 3.16. The molecule has 2 heterocycles. The van der Waals surface area contributed by atoms with E-state index in [4.69, 9.17) is 9.47 Å². The summed E-state index contributed by atoms with van der Waals surface area (Å²) in [5.74, 6) is 1.45. The van der Waals surface area contributed by atoms with E-state index in [1.54, 1.807) is 18.1 Å². The third-order valence-corrected chi connectivity index (χ3v) is 4.49. The molecule has 3 rings (SSSR count). The maximum atomic E-state index is 12.7. The second kappa shape index (κ2) is 6.55. The minimum atomic E-state index is -0.0280. The number of nitrogens with zero attached hydrogens (tertiary/aromatic N) is 3. The van der Waals surface area contributed by atoms with E-state index in [0.717, 1.165) is 29.2 Å². The van der Waals surface area contributed by atoms with Gasteiger partial charge in [-0.05, 0) is 38.0 Å². The highest BCUT2D eigenvalue weighted by Crippen LogP contribution is 2.32. The van der Waals surface area contributed by atoms with E-state index in [0.29, 0.717) is 12.1 Å². The van der Waals surface area contributed by atoms with Crippen molar-refractivity contribution in [1.29, 1.82) is 0 Å². The lowest BCUT2D eigenvalue weighted by atomic mass is 10.1. The topological polar surface area (TPSA) is 56.6 Å². The molecule has 0 saturated carbocycles. The van der Waals surface area contributed by atoms with Crippen molar-refractivity contribution < 1.29 is 14.3 Å². The molecule has 2 aromatic rings. The first-order valence-electron chi connectivity index (χ1n) is 8.19. The summed E-state index contributed by atoms with van der Waals surface area (Å²) in [6.45, 7) is 6.91. The Balaban J connectivity index is 1.74. The highest BCUT2D eigenvalue weighted by Gasteiger charge is 2.20. The van der Waals surface area contributed by atoms with Gasteiger partial charge >= 0.3 is 0 Å². The van der Waals surface area contributed by atoms with Gasteiger partial charge in [0.25, 0.3) is 5.91 Å². The third-order valence-electron chi connectivity index (χ3n) is 4.49. The first-order chi connectivity index (χ1) is 11.5. The van der Waals surface area contributed by atoms with Gasteiger partial charge in [-0.25, -0.2) is 0 Å². The SMILES string of the molecule is CCC(C)n1ncc(C(=O)N(C)Cc2ccc3c(c2)OCO3)c1C. The molecule has 0 bridgehead atoms. The number of amides is 1. The maximum absolute atomic E-state index is 12.7. The fraction of sp³-hybridized carbons (Fsp3) is 0.444. The first-order valence-corrected chi connectivity index (χ1v) is 8.19. The average Bonchev–Trinajstić information content (AvgIpc) is 3.19. The molecule has 0 aliphatic carbocycles. The van der Waals surface area contributed by atoms with Crippen molar-refractivity contribution in [1.82, 2.24) is 14.7 Å². The lowest BCUT2D eigenvalue weighted by Gasteiger charge is -2.18. The zero-order valence-electron chi connectivity index (χ0n) is 14.6. The van der Waals surface area contributed by atoms with E-state index in [-0.39, 0.29) is 18.7 Å². The smallest absolute Gasteiger partial charge is 0.257 e. The Morgan fingerprint density at radius 2 is 2.12 bits per heavy atom. The average molecular weight is 329 g/mol. The number of hydrogen-bond acceptors (Lipinski definition) is 4. The predicted molar refractivity (Wildman–Crippen MR) is 90.3 cm³/mol. The molecule has 24 heavy (non-hydrogen) atoms. The molecule has 0 N–H and O–H groups in total. The zero-order chi connectivity index (χ0) is 17.3. The Kier molecular flexibility index (Phi) is 4.46. The van der Waals surface area contributed by atoms with Crippen molar-refractivity contribution in [3.05, 3.63) is 41.2 Å². The van der Waals surface area contributed by atoms with Gasteiger partial charge in [0.2, 0.25) is 6.79 Å². The molecule has 0 fully saturated rings. The lowest BCUT2D eigenvalue weighted by Crippen LogP contribution is -2.26. The van der Waals surface area contributed by atoms with Crippen LogP contribution in [0.3, 0.4) is 0 Å². The largest absolute Gasteiger partial charge is 0.454 e. The molecule has 128 valence electrons. The van der Waals surface area contributed by atoms with Crippen LogP contribution in [0.25, 0.3) is 0 Å². The zero-order valence-corrected chi connectivity index (χ0v) is 14.6. The molecule has 1 aromatic carbocycles. The molecule has 1 amide bonds. The summed E-state index contributed by atoms with van der Waals surface area (Å²) >= 11 is 0. The van der Waals surface area contributed by atoms with Crippen molar-refractivity contribution in [2.45, 2.75) is 39.8 Å². The van der Waals surface area contributed by atoms with Gasteiger partial charge in [0.1, 0.15) is 0 Å². The molecule has 0 saturated heterocycles. The highest BCUT2D eigenvalue weighted by atomic mass is 16.7. The summed E-state index contributed by atoms with van der Waals surface area (Å²) in [7, 11) is 1.80. The van der Waals surface area contributed by atoms with Crippen molar-refractivity contribution >= 4 is 5.91 Å². The molecule has 1 unspecified atom stereocenters. The molecular weight excluding hydrogens is 306 g/mol. The minimum absolute atomic E-state index is 0.0280. The summed E-state index contributed by atoms with van der Waals surface area (Å²) in [5, 5.41) is 4.38. The summed E-state index contributed by atoms with van der Waals surface area (Å²) < 4.78 is 12.6. The second-order valence-electron chi connectivity index (χ2n) is 6.19. The lowest BCUT2D eigenvalue weighted by molar-refractivity contribution is 0.0784. The van der Waals surface area contributed by atoms with Crippen LogP contribution < -0.4 is 9.47 Å². The van der Waals surface area contributed by atoms with Crippen molar-refractivity contribution in [3.63, 3.8) is 0 Å². The van der Waals surface area contributed by atoms with Crippen LogP contribution in [0.2, 0.25) is 0 Å². The summed E-state index contributed by atoms with van der Waals surface area (Å²) in [6, 6.07) is 6.03. The number of rotatable bonds is 5. The third kappa shape index (κ3) is 2.96. The fourth-order valence-electron chi connectivity index (χ4n) is 2.84. The van der Waals surface area contributed by atoms with E-state index in [1.807, 2.05) is 29.8 Å². The van der Waals surface area contributed by atoms with Crippen LogP contribution in [-0.4, -0.2) is 34.4 Å². The summed E-state index contributed by atoms with van der Waals surface area (Å²) in [4.78, 5) is 14.4. The van der Waals surface area contributed by atoms with Gasteiger partial charge in [-0.2, -0.15) is 5.10 Å². The Hall–Kier alpha value is -2.50. The molecule has 1 aliphatic heterocycles. The summed E-state index contributed by atoms with van der Waals surface area (Å²) in [6.07, 6.45) is 2.64. The number of aromatic nitrogens is 2. The first kappa shape index (κ1) is 16.4. The van der Waals surface area contributed by atoms with Gasteiger partial charge in [-0.15, -0.1) is 0 Å². The Labute approximate surface area is 142 Å².